The smallest absolute Gasteiger partial charge is 0.242 e. The molecule has 0 spiro atoms. The molecule has 1 aliphatic rings. The van der Waals surface area contributed by atoms with E-state index in [1.165, 1.54) is 30.6 Å². The summed E-state index contributed by atoms with van der Waals surface area (Å²) in [6.45, 7) is 4.26. The minimum Gasteiger partial charge on any atom is -0.379 e. The number of thioether (sulfide) groups is 1. The van der Waals surface area contributed by atoms with Crippen LogP contribution in [-0.2, 0) is 28.7 Å². The summed E-state index contributed by atoms with van der Waals surface area (Å²) in [6, 6.07) is 0. The first-order valence-electron chi connectivity index (χ1n) is 12.3. The Morgan fingerprint density at radius 2 is 1.61 bits per heavy atom. The molecule has 1 atom stereocenters. The van der Waals surface area contributed by atoms with E-state index >= 15 is 0 Å². The Morgan fingerprint density at radius 1 is 0.939 bits per heavy atom. The van der Waals surface area contributed by atoms with Crippen molar-refractivity contribution in [2.45, 2.75) is 82.8 Å². The van der Waals surface area contributed by atoms with E-state index < -0.39 is 0 Å². The van der Waals surface area contributed by atoms with Crippen molar-refractivity contribution in [3.8, 4) is 0 Å². The molecule has 0 aromatic carbocycles. The van der Waals surface area contributed by atoms with Crippen molar-refractivity contribution in [1.82, 2.24) is 10.2 Å². The Morgan fingerprint density at radius 3 is 2.27 bits per heavy atom. The van der Waals surface area contributed by atoms with E-state index in [-0.39, 0.29) is 48.1 Å². The monoisotopic (exact) mass is 486 g/mol. The van der Waals surface area contributed by atoms with E-state index in [1.807, 2.05) is 0 Å². The number of nitrogens with one attached hydrogen (secondary N) is 1. The van der Waals surface area contributed by atoms with Crippen LogP contribution >= 0.6 is 11.8 Å². The lowest BCUT2D eigenvalue weighted by Gasteiger charge is -2.14. The molecule has 33 heavy (non-hydrogen) atoms. The molecule has 0 saturated carbocycles. The van der Waals surface area contributed by atoms with Gasteiger partial charge in [-0.2, -0.15) is 0 Å². The quantitative estimate of drug-likeness (QED) is 0.196. The fraction of sp³-hybridized carbons (Fsp3) is 0.833. The van der Waals surface area contributed by atoms with Crippen LogP contribution in [0.1, 0.15) is 77.6 Å². The van der Waals surface area contributed by atoms with Gasteiger partial charge in [-0.1, -0.05) is 32.6 Å². The van der Waals surface area contributed by atoms with Crippen molar-refractivity contribution in [2.75, 3.05) is 45.8 Å². The predicted molar refractivity (Wildman–Crippen MR) is 130 cm³/mol. The number of amides is 3. The first kappa shape index (κ1) is 29.6. The largest absolute Gasteiger partial charge is 0.379 e. The van der Waals surface area contributed by atoms with Gasteiger partial charge in [0.15, 0.2) is 0 Å². The Balaban J connectivity index is 2.03. The summed E-state index contributed by atoms with van der Waals surface area (Å²) >= 11 is 1.58. The van der Waals surface area contributed by atoms with Gasteiger partial charge in [0.05, 0.1) is 18.5 Å². The number of nitrogens with zero attached hydrogens (tertiary/aromatic N) is 1. The lowest BCUT2D eigenvalue weighted by Crippen LogP contribution is -2.33. The molecule has 8 nitrogen and oxygen atoms in total. The number of carbonyl (C=O) groups is 4. The molecule has 3 amide bonds. The second-order valence-electron chi connectivity index (χ2n) is 8.26. The fourth-order valence-corrected chi connectivity index (χ4v) is 4.65. The molecule has 0 aliphatic carbocycles. The van der Waals surface area contributed by atoms with Gasteiger partial charge in [-0.3, -0.25) is 24.1 Å². The van der Waals surface area contributed by atoms with Crippen LogP contribution in [0.3, 0.4) is 0 Å². The molecule has 1 saturated heterocycles. The van der Waals surface area contributed by atoms with Crippen LogP contribution in [0, 0.1) is 0 Å². The SMILES string of the molecule is CCCCCCCSC1CC(=O)N(CCC(=O)CCCOCCOCCCC(=O)NC)C1=O. The average molecular weight is 487 g/mol. The molecule has 0 radical (unpaired) electrons. The maximum atomic E-state index is 12.5. The maximum absolute atomic E-state index is 12.5. The second kappa shape index (κ2) is 18.9. The van der Waals surface area contributed by atoms with Crippen molar-refractivity contribution in [3.63, 3.8) is 0 Å². The minimum atomic E-state index is -0.279. The number of likely N-dealkylation sites (tertiary alicyclic amines) is 1. The number of Topliss-reactive ketones (excluding diaryl/α,β-unsaturated/α-hetero) is 1. The Labute approximate surface area is 202 Å². The van der Waals surface area contributed by atoms with E-state index in [1.54, 1.807) is 18.8 Å². The van der Waals surface area contributed by atoms with Crippen LogP contribution in [0.4, 0.5) is 0 Å². The first-order chi connectivity index (χ1) is 16.0. The number of rotatable bonds is 21. The van der Waals surface area contributed by atoms with Crippen LogP contribution in [0.25, 0.3) is 0 Å². The molecule has 9 heteroatoms. The molecule has 1 fully saturated rings. The highest BCUT2D eigenvalue weighted by Gasteiger charge is 2.38. The molecule has 190 valence electrons. The van der Waals surface area contributed by atoms with Crippen molar-refractivity contribution in [3.05, 3.63) is 0 Å². The molecule has 0 aromatic heterocycles. The van der Waals surface area contributed by atoms with E-state index in [0.717, 1.165) is 12.2 Å². The zero-order valence-electron chi connectivity index (χ0n) is 20.4. The van der Waals surface area contributed by atoms with E-state index in [2.05, 4.69) is 12.2 Å². The highest BCUT2D eigenvalue weighted by Crippen LogP contribution is 2.26. The number of unbranched alkanes of at least 4 members (excludes halogenated alkanes) is 4. The number of ether oxygens (including phenoxy) is 2. The predicted octanol–water partition coefficient (Wildman–Crippen LogP) is 3.12. The van der Waals surface area contributed by atoms with Crippen LogP contribution in [0.5, 0.6) is 0 Å². The number of carbonyl (C=O) groups excluding carboxylic acids is 4. The van der Waals surface area contributed by atoms with Gasteiger partial charge < -0.3 is 14.8 Å². The Kier molecular flexibility index (Phi) is 17.0. The van der Waals surface area contributed by atoms with Gasteiger partial charge in [0.25, 0.3) is 0 Å². The third kappa shape index (κ3) is 13.8. The number of hydrogen-bond acceptors (Lipinski definition) is 7. The van der Waals surface area contributed by atoms with Gasteiger partial charge in [0.2, 0.25) is 17.7 Å². The van der Waals surface area contributed by atoms with Crippen LogP contribution < -0.4 is 5.32 Å². The lowest BCUT2D eigenvalue weighted by molar-refractivity contribution is -0.138. The summed E-state index contributed by atoms with van der Waals surface area (Å²) in [7, 11) is 1.61. The van der Waals surface area contributed by atoms with Crippen molar-refractivity contribution < 1.29 is 28.7 Å². The molecule has 1 aliphatic heterocycles. The standard InChI is InChI=1S/C24H42N2O6S/c1-3-4-5-6-7-18-33-21-19-23(29)26(24(21)30)13-12-20(27)10-8-14-31-16-17-32-15-9-11-22(28)25-2/h21H,3-19H2,1-2H3,(H,25,28). The van der Waals surface area contributed by atoms with Gasteiger partial charge in [-0.25, -0.2) is 0 Å². The maximum Gasteiger partial charge on any atom is 0.242 e. The topological polar surface area (TPSA) is 102 Å². The summed E-state index contributed by atoms with van der Waals surface area (Å²) in [5.41, 5.74) is 0. The highest BCUT2D eigenvalue weighted by atomic mass is 32.2. The van der Waals surface area contributed by atoms with E-state index in [0.29, 0.717) is 52.1 Å². The molecule has 1 N–H and O–H groups in total. The number of imide groups is 1. The zero-order chi connectivity index (χ0) is 24.3. The highest BCUT2D eigenvalue weighted by molar-refractivity contribution is 8.00. The zero-order valence-corrected chi connectivity index (χ0v) is 21.2. The molecule has 1 rings (SSSR count). The first-order valence-corrected chi connectivity index (χ1v) is 13.4. The number of hydrogen-bond donors (Lipinski definition) is 1. The van der Waals surface area contributed by atoms with Crippen LogP contribution in [0.15, 0.2) is 0 Å². The summed E-state index contributed by atoms with van der Waals surface area (Å²) in [5.74, 6) is 0.655. The third-order valence-electron chi connectivity index (χ3n) is 5.47. The Hall–Kier alpha value is -1.45. The van der Waals surface area contributed by atoms with E-state index in [9.17, 15) is 19.2 Å². The summed E-state index contributed by atoms with van der Waals surface area (Å²) in [6.07, 6.45) is 8.50. The molecule has 1 unspecified atom stereocenters. The lowest BCUT2D eigenvalue weighted by atomic mass is 10.1. The normalized spacial score (nSPS) is 15.9. The van der Waals surface area contributed by atoms with Gasteiger partial charge in [-0.15, -0.1) is 11.8 Å². The molecular weight excluding hydrogens is 444 g/mol. The average Bonchev–Trinajstić information content (AvgIpc) is 3.07. The van der Waals surface area contributed by atoms with E-state index in [4.69, 9.17) is 9.47 Å². The molecular formula is C24H42N2O6S. The van der Waals surface area contributed by atoms with Crippen LogP contribution in [-0.4, -0.2) is 79.4 Å². The third-order valence-corrected chi connectivity index (χ3v) is 6.77. The van der Waals surface area contributed by atoms with Gasteiger partial charge >= 0.3 is 0 Å². The fourth-order valence-electron chi connectivity index (χ4n) is 3.46. The summed E-state index contributed by atoms with van der Waals surface area (Å²) < 4.78 is 10.8. The van der Waals surface area contributed by atoms with Crippen molar-refractivity contribution >= 4 is 35.3 Å². The molecule has 0 aromatic rings. The summed E-state index contributed by atoms with van der Waals surface area (Å²) in [5, 5.41) is 2.28. The second-order valence-corrected chi connectivity index (χ2v) is 9.57. The van der Waals surface area contributed by atoms with Gasteiger partial charge in [0.1, 0.15) is 5.78 Å². The van der Waals surface area contributed by atoms with Crippen molar-refractivity contribution in [2.24, 2.45) is 0 Å². The number of ketones is 1. The van der Waals surface area contributed by atoms with Gasteiger partial charge in [-0.05, 0) is 25.0 Å². The van der Waals surface area contributed by atoms with Gasteiger partial charge in [0, 0.05) is 52.5 Å². The molecule has 1 heterocycles. The molecule has 0 bridgehead atoms. The minimum absolute atomic E-state index is 0.00449. The van der Waals surface area contributed by atoms with Crippen LogP contribution in [0.2, 0.25) is 0 Å². The summed E-state index contributed by atoms with van der Waals surface area (Å²) in [4.78, 5) is 49.1. The Bertz CT molecular complexity index is 602. The van der Waals surface area contributed by atoms with Crippen molar-refractivity contribution in [1.29, 1.82) is 0 Å².